The molecule has 0 aliphatic rings. The van der Waals surface area contributed by atoms with Crippen LogP contribution in [0.2, 0.25) is 0 Å². The standard InChI is InChI=1S/C14H15FN2O3/c1-3-10(14(19)20)17-13(18)12-6-9-7(2)4-8(15)5-11(9)16-12/h4-6,10,16H,3H2,1-2H3,(H,17,18)(H,19,20). The molecule has 0 aliphatic carbocycles. The minimum atomic E-state index is -1.08. The van der Waals surface area contributed by atoms with Gasteiger partial charge in [0.1, 0.15) is 17.6 Å². The first-order valence-electron chi connectivity index (χ1n) is 6.25. The van der Waals surface area contributed by atoms with Gasteiger partial charge in [0, 0.05) is 10.9 Å². The Labute approximate surface area is 114 Å². The second-order valence-corrected chi connectivity index (χ2v) is 4.64. The zero-order valence-corrected chi connectivity index (χ0v) is 11.2. The third-order valence-electron chi connectivity index (χ3n) is 3.17. The predicted molar refractivity (Wildman–Crippen MR) is 72.2 cm³/mol. The average Bonchev–Trinajstić information content (AvgIpc) is 2.79. The number of aromatic nitrogens is 1. The highest BCUT2D eigenvalue weighted by Crippen LogP contribution is 2.21. The summed E-state index contributed by atoms with van der Waals surface area (Å²) >= 11 is 0. The van der Waals surface area contributed by atoms with E-state index in [2.05, 4.69) is 10.3 Å². The van der Waals surface area contributed by atoms with E-state index in [-0.39, 0.29) is 17.9 Å². The summed E-state index contributed by atoms with van der Waals surface area (Å²) in [7, 11) is 0. The van der Waals surface area contributed by atoms with Crippen LogP contribution >= 0.6 is 0 Å². The van der Waals surface area contributed by atoms with Crippen LogP contribution in [-0.4, -0.2) is 28.0 Å². The van der Waals surface area contributed by atoms with Gasteiger partial charge in [-0.15, -0.1) is 0 Å². The molecule has 5 nitrogen and oxygen atoms in total. The number of carboxylic acids is 1. The molecule has 0 spiro atoms. The smallest absolute Gasteiger partial charge is 0.326 e. The number of carbonyl (C=O) groups is 2. The lowest BCUT2D eigenvalue weighted by Gasteiger charge is -2.10. The van der Waals surface area contributed by atoms with Crippen molar-refractivity contribution in [1.29, 1.82) is 0 Å². The average molecular weight is 278 g/mol. The van der Waals surface area contributed by atoms with Crippen molar-refractivity contribution in [3.05, 3.63) is 35.3 Å². The molecule has 1 aromatic carbocycles. The Morgan fingerprint density at radius 2 is 2.10 bits per heavy atom. The van der Waals surface area contributed by atoms with Crippen LogP contribution in [0, 0.1) is 12.7 Å². The molecule has 6 heteroatoms. The summed E-state index contributed by atoms with van der Waals surface area (Å²) in [5.74, 6) is -1.99. The number of aryl methyl sites for hydroxylation is 1. The van der Waals surface area contributed by atoms with Gasteiger partial charge in [0.25, 0.3) is 5.91 Å². The Hall–Kier alpha value is -2.37. The lowest BCUT2D eigenvalue weighted by molar-refractivity contribution is -0.139. The van der Waals surface area contributed by atoms with Crippen molar-refractivity contribution < 1.29 is 19.1 Å². The molecule has 106 valence electrons. The van der Waals surface area contributed by atoms with Crippen molar-refractivity contribution in [3.8, 4) is 0 Å². The van der Waals surface area contributed by atoms with E-state index in [0.29, 0.717) is 11.1 Å². The van der Waals surface area contributed by atoms with E-state index in [1.807, 2.05) is 0 Å². The first-order chi connectivity index (χ1) is 9.42. The number of halogens is 1. The van der Waals surface area contributed by atoms with E-state index in [0.717, 1.165) is 5.39 Å². The second-order valence-electron chi connectivity index (χ2n) is 4.64. The Morgan fingerprint density at radius 3 is 2.70 bits per heavy atom. The van der Waals surface area contributed by atoms with Crippen LogP contribution in [0.15, 0.2) is 18.2 Å². The summed E-state index contributed by atoms with van der Waals surface area (Å²) < 4.78 is 13.3. The maximum Gasteiger partial charge on any atom is 0.326 e. The molecular formula is C14H15FN2O3. The number of nitrogens with one attached hydrogen (secondary N) is 2. The predicted octanol–water partition coefficient (Wildman–Crippen LogP) is 2.21. The van der Waals surface area contributed by atoms with Gasteiger partial charge < -0.3 is 15.4 Å². The van der Waals surface area contributed by atoms with Crippen molar-refractivity contribution in [1.82, 2.24) is 10.3 Å². The van der Waals surface area contributed by atoms with Gasteiger partial charge in [-0.05, 0) is 37.1 Å². The lowest BCUT2D eigenvalue weighted by atomic mass is 10.1. The van der Waals surface area contributed by atoms with Gasteiger partial charge in [0.15, 0.2) is 0 Å². The van der Waals surface area contributed by atoms with E-state index in [1.165, 1.54) is 12.1 Å². The van der Waals surface area contributed by atoms with E-state index >= 15 is 0 Å². The fraction of sp³-hybridized carbons (Fsp3) is 0.286. The molecule has 3 N–H and O–H groups in total. The molecule has 2 rings (SSSR count). The molecular weight excluding hydrogens is 263 g/mol. The minimum Gasteiger partial charge on any atom is -0.480 e. The Kier molecular flexibility index (Phi) is 3.74. The van der Waals surface area contributed by atoms with Gasteiger partial charge in [-0.25, -0.2) is 9.18 Å². The van der Waals surface area contributed by atoms with Crippen LogP contribution < -0.4 is 5.32 Å². The number of fused-ring (bicyclic) bond motifs is 1. The summed E-state index contributed by atoms with van der Waals surface area (Å²) in [6, 6.07) is 3.33. The summed E-state index contributed by atoms with van der Waals surface area (Å²) in [6.07, 6.45) is 0.287. The molecule has 0 saturated carbocycles. The Balaban J connectivity index is 2.31. The van der Waals surface area contributed by atoms with Gasteiger partial charge in [-0.1, -0.05) is 6.92 Å². The van der Waals surface area contributed by atoms with E-state index in [9.17, 15) is 14.0 Å². The normalized spacial score (nSPS) is 12.3. The molecule has 2 aromatic rings. The number of aromatic amines is 1. The topological polar surface area (TPSA) is 82.2 Å². The van der Waals surface area contributed by atoms with E-state index < -0.39 is 17.9 Å². The van der Waals surface area contributed by atoms with Gasteiger partial charge in [-0.2, -0.15) is 0 Å². The maximum atomic E-state index is 13.3. The van der Waals surface area contributed by atoms with E-state index in [4.69, 9.17) is 5.11 Å². The third kappa shape index (κ3) is 2.64. The molecule has 1 atom stereocenters. The van der Waals surface area contributed by atoms with Crippen LogP contribution in [0.1, 0.15) is 29.4 Å². The highest BCUT2D eigenvalue weighted by Gasteiger charge is 2.20. The number of carboxylic acid groups (broad SMARTS) is 1. The van der Waals surface area contributed by atoms with Crippen LogP contribution in [-0.2, 0) is 4.79 Å². The molecule has 1 amide bonds. The molecule has 0 bridgehead atoms. The largest absolute Gasteiger partial charge is 0.480 e. The van der Waals surface area contributed by atoms with Crippen molar-refractivity contribution in [2.45, 2.75) is 26.3 Å². The van der Waals surface area contributed by atoms with E-state index in [1.54, 1.807) is 19.9 Å². The highest BCUT2D eigenvalue weighted by atomic mass is 19.1. The SMILES string of the molecule is CCC(NC(=O)c1cc2c(C)cc(F)cc2[nH]1)C(=O)O. The molecule has 0 saturated heterocycles. The van der Waals surface area contributed by atoms with Crippen LogP contribution in [0.25, 0.3) is 10.9 Å². The number of carbonyl (C=O) groups excluding carboxylic acids is 1. The molecule has 1 unspecified atom stereocenters. The molecule has 1 aromatic heterocycles. The monoisotopic (exact) mass is 278 g/mol. The van der Waals surface area contributed by atoms with Crippen molar-refractivity contribution in [3.63, 3.8) is 0 Å². The number of amides is 1. The molecule has 0 fully saturated rings. The maximum absolute atomic E-state index is 13.3. The van der Waals surface area contributed by atoms with Crippen molar-refractivity contribution in [2.24, 2.45) is 0 Å². The minimum absolute atomic E-state index is 0.216. The van der Waals surface area contributed by atoms with Gasteiger partial charge >= 0.3 is 5.97 Å². The summed E-state index contributed by atoms with van der Waals surface area (Å²) in [5.41, 5.74) is 1.44. The number of rotatable bonds is 4. The fourth-order valence-corrected chi connectivity index (χ4v) is 2.07. The summed E-state index contributed by atoms with van der Waals surface area (Å²) in [6.45, 7) is 3.41. The molecule has 1 heterocycles. The number of hydrogen-bond donors (Lipinski definition) is 3. The van der Waals surface area contributed by atoms with Crippen molar-refractivity contribution >= 4 is 22.8 Å². The Morgan fingerprint density at radius 1 is 1.40 bits per heavy atom. The zero-order valence-electron chi connectivity index (χ0n) is 11.2. The lowest BCUT2D eigenvalue weighted by Crippen LogP contribution is -2.40. The highest BCUT2D eigenvalue weighted by molar-refractivity contribution is 6.00. The molecule has 0 radical (unpaired) electrons. The number of aliphatic carboxylic acids is 1. The third-order valence-corrected chi connectivity index (χ3v) is 3.17. The first-order valence-corrected chi connectivity index (χ1v) is 6.25. The van der Waals surface area contributed by atoms with Gasteiger partial charge in [0.2, 0.25) is 0 Å². The number of benzene rings is 1. The van der Waals surface area contributed by atoms with Gasteiger partial charge in [-0.3, -0.25) is 4.79 Å². The molecule has 0 aliphatic heterocycles. The zero-order chi connectivity index (χ0) is 14.9. The number of H-pyrrole nitrogens is 1. The second kappa shape index (κ2) is 5.32. The van der Waals surface area contributed by atoms with Crippen molar-refractivity contribution in [2.75, 3.05) is 0 Å². The van der Waals surface area contributed by atoms with Crippen LogP contribution in [0.5, 0.6) is 0 Å². The van der Waals surface area contributed by atoms with Crippen LogP contribution in [0.3, 0.4) is 0 Å². The number of hydrogen-bond acceptors (Lipinski definition) is 2. The summed E-state index contributed by atoms with van der Waals surface area (Å²) in [5, 5.41) is 12.1. The first kappa shape index (κ1) is 14.0. The Bertz CT molecular complexity index is 678. The fourth-order valence-electron chi connectivity index (χ4n) is 2.07. The van der Waals surface area contributed by atoms with Gasteiger partial charge in [0.05, 0.1) is 0 Å². The van der Waals surface area contributed by atoms with Crippen LogP contribution in [0.4, 0.5) is 4.39 Å². The summed E-state index contributed by atoms with van der Waals surface area (Å²) in [4.78, 5) is 25.7. The molecule has 20 heavy (non-hydrogen) atoms. The quantitative estimate of drug-likeness (QED) is 0.802.